The van der Waals surface area contributed by atoms with E-state index in [4.69, 9.17) is 10.5 Å². The van der Waals surface area contributed by atoms with Crippen LogP contribution in [0.25, 0.3) is 0 Å². The molecule has 0 aliphatic heterocycles. The highest BCUT2D eigenvalue weighted by Crippen LogP contribution is 2.11. The molecular formula is C13H20N2O2. The van der Waals surface area contributed by atoms with E-state index in [1.807, 2.05) is 37.3 Å². The maximum absolute atomic E-state index is 12.0. The van der Waals surface area contributed by atoms with Crippen molar-refractivity contribution in [2.45, 2.75) is 13.0 Å². The first kappa shape index (κ1) is 13.7. The molecule has 0 saturated carbocycles. The molecule has 0 spiro atoms. The minimum Gasteiger partial charge on any atom is -0.380 e. The van der Waals surface area contributed by atoms with Gasteiger partial charge in [0.1, 0.15) is 6.04 Å². The van der Waals surface area contributed by atoms with Crippen molar-refractivity contribution < 1.29 is 9.53 Å². The van der Waals surface area contributed by atoms with E-state index in [1.54, 1.807) is 11.9 Å². The van der Waals surface area contributed by atoms with E-state index in [2.05, 4.69) is 0 Å². The van der Waals surface area contributed by atoms with Crippen LogP contribution in [-0.4, -0.2) is 37.6 Å². The molecule has 0 aliphatic carbocycles. The zero-order valence-electron chi connectivity index (χ0n) is 10.4. The molecule has 0 radical (unpaired) electrons. The Morgan fingerprint density at radius 3 is 2.65 bits per heavy atom. The molecule has 1 amide bonds. The van der Waals surface area contributed by atoms with Crippen LogP contribution in [0.3, 0.4) is 0 Å². The molecule has 94 valence electrons. The lowest BCUT2D eigenvalue weighted by molar-refractivity contribution is -0.132. The Morgan fingerprint density at radius 1 is 1.41 bits per heavy atom. The number of amides is 1. The summed E-state index contributed by atoms with van der Waals surface area (Å²) in [5.74, 6) is -0.0871. The lowest BCUT2D eigenvalue weighted by atomic mass is 10.1. The maximum Gasteiger partial charge on any atom is 0.243 e. The highest BCUT2D eigenvalue weighted by molar-refractivity contribution is 5.82. The predicted molar refractivity (Wildman–Crippen MR) is 67.5 cm³/mol. The molecule has 0 fully saturated rings. The van der Waals surface area contributed by atoms with Crippen molar-refractivity contribution in [2.24, 2.45) is 5.73 Å². The maximum atomic E-state index is 12.0. The van der Waals surface area contributed by atoms with Gasteiger partial charge >= 0.3 is 0 Å². The van der Waals surface area contributed by atoms with Crippen LogP contribution in [0, 0.1) is 0 Å². The van der Waals surface area contributed by atoms with E-state index in [1.165, 1.54) is 0 Å². The van der Waals surface area contributed by atoms with Gasteiger partial charge in [0.2, 0.25) is 5.91 Å². The number of carbonyl (C=O) groups is 1. The topological polar surface area (TPSA) is 55.6 Å². The van der Waals surface area contributed by atoms with Gasteiger partial charge in [0.25, 0.3) is 0 Å². The van der Waals surface area contributed by atoms with Gasteiger partial charge in [0.15, 0.2) is 0 Å². The number of likely N-dealkylation sites (N-methyl/N-ethyl adjacent to an activating group) is 1. The Hall–Kier alpha value is -1.39. The number of hydrogen-bond donors (Lipinski definition) is 1. The normalized spacial score (nSPS) is 12.2. The van der Waals surface area contributed by atoms with Gasteiger partial charge in [-0.25, -0.2) is 0 Å². The molecule has 0 heterocycles. The van der Waals surface area contributed by atoms with Crippen molar-refractivity contribution in [1.29, 1.82) is 0 Å². The highest BCUT2D eigenvalue weighted by atomic mass is 16.5. The van der Waals surface area contributed by atoms with Crippen LogP contribution < -0.4 is 5.73 Å². The van der Waals surface area contributed by atoms with Gasteiger partial charge in [0, 0.05) is 20.2 Å². The van der Waals surface area contributed by atoms with Crippen LogP contribution in [0.5, 0.6) is 0 Å². The van der Waals surface area contributed by atoms with Gasteiger partial charge in [-0.05, 0) is 12.5 Å². The second-order valence-corrected chi connectivity index (χ2v) is 3.85. The zero-order chi connectivity index (χ0) is 12.7. The number of nitrogens with two attached hydrogens (primary N) is 1. The molecular weight excluding hydrogens is 216 g/mol. The second kappa shape index (κ2) is 7.04. The van der Waals surface area contributed by atoms with Gasteiger partial charge in [-0.1, -0.05) is 30.3 Å². The Morgan fingerprint density at radius 2 is 2.06 bits per heavy atom. The summed E-state index contributed by atoms with van der Waals surface area (Å²) in [6, 6.07) is 8.78. The number of nitrogens with zero attached hydrogens (tertiary/aromatic N) is 1. The van der Waals surface area contributed by atoms with E-state index >= 15 is 0 Å². The van der Waals surface area contributed by atoms with E-state index in [0.717, 1.165) is 5.56 Å². The quantitative estimate of drug-likeness (QED) is 0.755. The van der Waals surface area contributed by atoms with E-state index in [9.17, 15) is 4.79 Å². The Balaban J connectivity index is 2.51. The van der Waals surface area contributed by atoms with Gasteiger partial charge < -0.3 is 15.4 Å². The Bertz CT molecular complexity index is 341. The fraction of sp³-hybridized carbons (Fsp3) is 0.462. The van der Waals surface area contributed by atoms with Crippen LogP contribution in [-0.2, 0) is 9.53 Å². The van der Waals surface area contributed by atoms with Crippen molar-refractivity contribution in [3.8, 4) is 0 Å². The number of hydrogen-bond acceptors (Lipinski definition) is 3. The molecule has 4 heteroatoms. The third kappa shape index (κ3) is 4.17. The summed E-state index contributed by atoms with van der Waals surface area (Å²) in [7, 11) is 1.74. The number of benzene rings is 1. The fourth-order valence-electron chi connectivity index (χ4n) is 1.50. The first-order chi connectivity index (χ1) is 8.16. The fourth-order valence-corrected chi connectivity index (χ4v) is 1.50. The van der Waals surface area contributed by atoms with Gasteiger partial charge in [0.05, 0.1) is 6.61 Å². The molecule has 1 aromatic carbocycles. The Kier molecular flexibility index (Phi) is 5.66. The lowest BCUT2D eigenvalue weighted by Crippen LogP contribution is -2.37. The molecule has 1 aromatic rings. The van der Waals surface area contributed by atoms with Crippen molar-refractivity contribution in [3.05, 3.63) is 35.9 Å². The molecule has 0 bridgehead atoms. The molecule has 0 unspecified atom stereocenters. The summed E-state index contributed by atoms with van der Waals surface area (Å²) >= 11 is 0. The van der Waals surface area contributed by atoms with Crippen LogP contribution in [0.2, 0.25) is 0 Å². The number of ether oxygens (including phenoxy) is 1. The van der Waals surface area contributed by atoms with E-state index in [0.29, 0.717) is 19.8 Å². The van der Waals surface area contributed by atoms with E-state index in [-0.39, 0.29) is 5.91 Å². The van der Waals surface area contributed by atoms with Crippen LogP contribution in [0.15, 0.2) is 30.3 Å². The van der Waals surface area contributed by atoms with Crippen LogP contribution in [0.4, 0.5) is 0 Å². The molecule has 0 aliphatic rings. The highest BCUT2D eigenvalue weighted by Gasteiger charge is 2.19. The Labute approximate surface area is 102 Å². The third-order valence-electron chi connectivity index (χ3n) is 2.58. The van der Waals surface area contributed by atoms with Crippen molar-refractivity contribution >= 4 is 5.91 Å². The summed E-state index contributed by atoms with van der Waals surface area (Å²) < 4.78 is 5.21. The van der Waals surface area contributed by atoms with Crippen LogP contribution >= 0.6 is 0 Å². The minimum atomic E-state index is -0.595. The first-order valence-electron chi connectivity index (χ1n) is 5.80. The van der Waals surface area contributed by atoms with Gasteiger partial charge in [-0.2, -0.15) is 0 Å². The monoisotopic (exact) mass is 236 g/mol. The van der Waals surface area contributed by atoms with Gasteiger partial charge in [-0.3, -0.25) is 4.79 Å². The summed E-state index contributed by atoms with van der Waals surface area (Å²) in [4.78, 5) is 13.6. The zero-order valence-corrected chi connectivity index (χ0v) is 10.4. The lowest BCUT2D eigenvalue weighted by Gasteiger charge is -2.21. The molecule has 4 nitrogen and oxygen atoms in total. The SMILES string of the molecule is CCOCCN(C)C(=O)[C@H](N)c1ccccc1. The third-order valence-corrected chi connectivity index (χ3v) is 2.58. The summed E-state index contributed by atoms with van der Waals surface area (Å²) in [5.41, 5.74) is 6.75. The second-order valence-electron chi connectivity index (χ2n) is 3.85. The summed E-state index contributed by atoms with van der Waals surface area (Å²) in [6.45, 7) is 3.69. The van der Waals surface area contributed by atoms with Crippen molar-refractivity contribution in [1.82, 2.24) is 4.90 Å². The molecule has 1 rings (SSSR count). The largest absolute Gasteiger partial charge is 0.380 e. The van der Waals surface area contributed by atoms with Crippen molar-refractivity contribution in [2.75, 3.05) is 26.8 Å². The minimum absolute atomic E-state index is 0.0871. The number of rotatable bonds is 6. The van der Waals surface area contributed by atoms with Crippen molar-refractivity contribution in [3.63, 3.8) is 0 Å². The summed E-state index contributed by atoms with van der Waals surface area (Å²) in [5, 5.41) is 0. The molecule has 0 aromatic heterocycles. The van der Waals surface area contributed by atoms with Crippen LogP contribution in [0.1, 0.15) is 18.5 Å². The average molecular weight is 236 g/mol. The standard InChI is InChI=1S/C13H20N2O2/c1-3-17-10-9-15(2)13(16)12(14)11-7-5-4-6-8-11/h4-8,12H,3,9-10,14H2,1-2H3/t12-/m1/s1. The predicted octanol–water partition coefficient (Wildman–Crippen LogP) is 1.18. The molecule has 0 saturated heterocycles. The molecule has 17 heavy (non-hydrogen) atoms. The van der Waals surface area contributed by atoms with E-state index < -0.39 is 6.04 Å². The first-order valence-corrected chi connectivity index (χ1v) is 5.80. The molecule has 2 N–H and O–H groups in total. The average Bonchev–Trinajstić information content (AvgIpc) is 2.38. The number of carbonyl (C=O) groups excluding carboxylic acids is 1. The summed E-state index contributed by atoms with van der Waals surface area (Å²) in [6.07, 6.45) is 0. The van der Waals surface area contributed by atoms with Gasteiger partial charge in [-0.15, -0.1) is 0 Å². The smallest absolute Gasteiger partial charge is 0.243 e. The molecule has 1 atom stereocenters.